The maximum Gasteiger partial charge on any atom is 0.405 e. The molecule has 1 heterocycles. The predicted molar refractivity (Wildman–Crippen MR) is 177 cm³/mol. The van der Waals surface area contributed by atoms with Gasteiger partial charge in [-0.15, -0.1) is 0 Å². The minimum absolute atomic E-state index is 0.0507. The molecule has 7 N–H and O–H groups in total. The third-order valence-electron chi connectivity index (χ3n) is 5.37. The molecule has 2 aromatic carbocycles. The van der Waals surface area contributed by atoms with Crippen molar-refractivity contribution in [3.05, 3.63) is 41.3 Å². The zero-order chi connectivity index (χ0) is 36.4. The summed E-state index contributed by atoms with van der Waals surface area (Å²) in [5.74, 6) is 0.150. The van der Waals surface area contributed by atoms with Crippen LogP contribution in [0, 0.1) is 20.8 Å². The van der Waals surface area contributed by atoms with Crippen molar-refractivity contribution >= 4 is 48.6 Å². The fraction of sp³-hybridized carbons (Fsp3) is 0.500. The van der Waals surface area contributed by atoms with Crippen molar-refractivity contribution in [1.82, 2.24) is 4.98 Å². The van der Waals surface area contributed by atoms with E-state index in [1.54, 1.807) is 87.4 Å². The van der Waals surface area contributed by atoms with E-state index in [1.165, 1.54) is 13.0 Å². The molecule has 0 aliphatic rings. The Morgan fingerprint density at radius 3 is 1.54 bits per heavy atom. The smallest absolute Gasteiger partial charge is 0.405 e. The topological polar surface area (TPSA) is 245 Å². The maximum absolute atomic E-state index is 12.0. The second-order valence-corrected chi connectivity index (χ2v) is 16.2. The molecule has 0 unspecified atom stereocenters. The molecule has 0 fully saturated rings. The highest BCUT2D eigenvalue weighted by molar-refractivity contribution is 7.91. The number of ether oxygens (including phenoxy) is 2. The first-order valence-corrected chi connectivity index (χ1v) is 17.4. The van der Waals surface area contributed by atoms with E-state index in [0.717, 1.165) is 0 Å². The van der Waals surface area contributed by atoms with Crippen LogP contribution in [0.2, 0.25) is 0 Å². The maximum atomic E-state index is 12.0. The molecule has 0 bridgehead atoms. The van der Waals surface area contributed by atoms with Gasteiger partial charge in [-0.05, 0) is 78.6 Å². The lowest BCUT2D eigenvalue weighted by Crippen LogP contribution is -2.27. The average molecular weight is 689 g/mol. The summed E-state index contributed by atoms with van der Waals surface area (Å²) in [6.45, 7) is 18.8. The highest BCUT2D eigenvalue weighted by Gasteiger charge is 2.22. The number of carbonyl (C=O) groups is 2. The van der Waals surface area contributed by atoms with E-state index in [4.69, 9.17) is 21.6 Å². The van der Waals surface area contributed by atoms with E-state index < -0.39 is 43.1 Å². The van der Waals surface area contributed by atoms with Gasteiger partial charge in [-0.3, -0.25) is 0 Å². The summed E-state index contributed by atoms with van der Waals surface area (Å²) in [6, 6.07) is 6.60. The molecule has 0 saturated carbocycles. The molecule has 1 aromatic heterocycles. The Bertz CT molecular complexity index is 1690. The monoisotopic (exact) mass is 688 g/mol. The summed E-state index contributed by atoms with van der Waals surface area (Å²) < 4.78 is 61.6. The fourth-order valence-electron chi connectivity index (χ4n) is 3.54. The highest BCUT2D eigenvalue weighted by Crippen LogP contribution is 2.32. The normalized spacial score (nSPS) is 11.5. The van der Waals surface area contributed by atoms with Crippen molar-refractivity contribution < 1.29 is 45.4 Å². The van der Waals surface area contributed by atoms with Crippen LogP contribution in [0.3, 0.4) is 0 Å². The predicted octanol–water partition coefficient (Wildman–Crippen LogP) is 5.08. The number of aryl methyl sites for hydroxylation is 3. The Labute approximate surface area is 271 Å². The number of phenolic OH excluding ortho intramolecular Hbond substituents is 1. The van der Waals surface area contributed by atoms with Gasteiger partial charge in [0.05, 0.1) is 17.2 Å². The molecule has 0 saturated heterocycles. The van der Waals surface area contributed by atoms with Crippen LogP contribution < -0.4 is 17.2 Å². The summed E-state index contributed by atoms with van der Waals surface area (Å²) in [5.41, 5.74) is 16.2. The number of phenols is 1. The number of primary amides is 2. The van der Waals surface area contributed by atoms with E-state index in [1.807, 2.05) is 0 Å². The molecule has 14 nitrogen and oxygen atoms in total. The summed E-state index contributed by atoms with van der Waals surface area (Å²) in [7, 11) is -6.69. The van der Waals surface area contributed by atoms with Gasteiger partial charge in [-0.1, -0.05) is 26.0 Å². The van der Waals surface area contributed by atoms with Gasteiger partial charge in [0.1, 0.15) is 26.5 Å². The third kappa shape index (κ3) is 13.9. The first-order chi connectivity index (χ1) is 20.7. The van der Waals surface area contributed by atoms with Gasteiger partial charge in [-0.2, -0.15) is 0 Å². The SMILES string of the molecule is CC(C)(C)OC(N)=O.CC(C)(C)OC(N)=O.CCS(=O)(=O)c1c(C)ccc(N)c1O.CCS(=O)(=O)c1c(C)ccc2nc(C)oc12. The molecule has 16 heteroatoms. The molecule has 0 radical (unpaired) electrons. The van der Waals surface area contributed by atoms with E-state index in [9.17, 15) is 31.5 Å². The number of anilines is 1. The molecular formula is C30H48N4O10S2. The van der Waals surface area contributed by atoms with E-state index in [2.05, 4.69) is 14.5 Å². The van der Waals surface area contributed by atoms with Crippen LogP contribution in [0.15, 0.2) is 38.5 Å². The molecule has 2 amide bonds. The quantitative estimate of drug-likeness (QED) is 0.207. The Balaban J connectivity index is 0.000000618. The number of fused-ring (bicyclic) bond motifs is 1. The molecule has 0 aliphatic carbocycles. The number of oxazole rings is 1. The molecule has 46 heavy (non-hydrogen) atoms. The molecular weight excluding hydrogens is 640 g/mol. The van der Waals surface area contributed by atoms with Gasteiger partial charge < -0.3 is 36.2 Å². The lowest BCUT2D eigenvalue weighted by Gasteiger charge is -2.16. The Hall–Kier alpha value is -4.05. The van der Waals surface area contributed by atoms with Crippen LogP contribution >= 0.6 is 0 Å². The van der Waals surface area contributed by atoms with Gasteiger partial charge in [0.25, 0.3) is 0 Å². The van der Waals surface area contributed by atoms with Crippen LogP contribution in [0.1, 0.15) is 72.4 Å². The molecule has 0 aliphatic heterocycles. The second-order valence-electron chi connectivity index (χ2n) is 11.8. The van der Waals surface area contributed by atoms with Gasteiger partial charge in [0.2, 0.25) is 0 Å². The number of amides is 2. The number of benzene rings is 2. The van der Waals surface area contributed by atoms with Crippen molar-refractivity contribution in [3.8, 4) is 5.75 Å². The standard InChI is InChI=1S/C11H13NO3S.C9H13NO3S.2C5H11NO2/c1-4-16(13,14)11-7(2)5-6-9-10(11)15-8(3)12-9;1-3-14(12,13)9-6(2)4-5-7(10)8(9)11;2*1-5(2,3)8-4(6)7/h5-6H,4H2,1-3H3;4-5,11H,3,10H2,1-2H3;2*1-3H3,(H2,6,7). The van der Waals surface area contributed by atoms with Crippen molar-refractivity contribution in [2.75, 3.05) is 17.2 Å². The van der Waals surface area contributed by atoms with Crippen LogP contribution in [0.25, 0.3) is 11.1 Å². The lowest BCUT2D eigenvalue weighted by atomic mass is 10.2. The number of nitrogens with zero attached hydrogens (tertiary/aromatic N) is 1. The number of carbonyl (C=O) groups excluding carboxylic acids is 2. The largest absolute Gasteiger partial charge is 0.504 e. The number of rotatable bonds is 4. The van der Waals surface area contributed by atoms with Crippen LogP contribution in [-0.2, 0) is 29.1 Å². The molecule has 3 rings (SSSR count). The van der Waals surface area contributed by atoms with Crippen molar-refractivity contribution in [3.63, 3.8) is 0 Å². The van der Waals surface area contributed by atoms with Gasteiger partial charge in [-0.25, -0.2) is 31.4 Å². The first-order valence-electron chi connectivity index (χ1n) is 14.1. The average Bonchev–Trinajstić information content (AvgIpc) is 3.24. The minimum atomic E-state index is -3.41. The molecule has 0 atom stereocenters. The van der Waals surface area contributed by atoms with Gasteiger partial charge >= 0.3 is 12.2 Å². The van der Waals surface area contributed by atoms with Crippen molar-refractivity contribution in [1.29, 1.82) is 0 Å². The number of sulfone groups is 2. The molecule has 0 spiro atoms. The zero-order valence-electron chi connectivity index (χ0n) is 28.3. The third-order valence-corrected chi connectivity index (χ3v) is 9.16. The number of aromatic nitrogens is 1. The Morgan fingerprint density at radius 2 is 1.17 bits per heavy atom. The van der Waals surface area contributed by atoms with Crippen LogP contribution in [0.4, 0.5) is 15.3 Å². The minimum Gasteiger partial charge on any atom is -0.504 e. The number of aromatic hydroxyl groups is 1. The highest BCUT2D eigenvalue weighted by atomic mass is 32.2. The van der Waals surface area contributed by atoms with E-state index in [-0.39, 0.29) is 32.7 Å². The summed E-state index contributed by atoms with van der Waals surface area (Å²) in [4.78, 5) is 24.4. The van der Waals surface area contributed by atoms with Crippen molar-refractivity contribution in [2.24, 2.45) is 11.5 Å². The number of nitrogen functional groups attached to an aromatic ring is 1. The Kier molecular flexibility index (Phi) is 15.0. The van der Waals surface area contributed by atoms with E-state index in [0.29, 0.717) is 28.1 Å². The first kappa shape index (κ1) is 42.0. The Morgan fingerprint density at radius 1 is 0.783 bits per heavy atom. The second kappa shape index (κ2) is 16.5. The van der Waals surface area contributed by atoms with Crippen molar-refractivity contribution in [2.45, 2.75) is 97.2 Å². The molecule has 260 valence electrons. The lowest BCUT2D eigenvalue weighted by molar-refractivity contribution is 0.0588. The van der Waals surface area contributed by atoms with Crippen LogP contribution in [-0.4, -0.2) is 61.8 Å². The summed E-state index contributed by atoms with van der Waals surface area (Å²) in [6.07, 6.45) is -1.45. The summed E-state index contributed by atoms with van der Waals surface area (Å²) >= 11 is 0. The van der Waals surface area contributed by atoms with E-state index >= 15 is 0 Å². The fourth-order valence-corrected chi connectivity index (χ4v) is 6.07. The number of hydrogen-bond acceptors (Lipinski definition) is 12. The van der Waals surface area contributed by atoms with Gasteiger partial charge in [0.15, 0.2) is 36.9 Å². The zero-order valence-corrected chi connectivity index (χ0v) is 30.0. The summed E-state index contributed by atoms with van der Waals surface area (Å²) in [5, 5.41) is 9.54. The number of hydrogen-bond donors (Lipinski definition) is 4. The van der Waals surface area contributed by atoms with Gasteiger partial charge in [0, 0.05) is 6.92 Å². The molecule has 3 aromatic rings. The number of nitrogens with two attached hydrogens (primary N) is 3. The van der Waals surface area contributed by atoms with Crippen LogP contribution in [0.5, 0.6) is 5.75 Å².